The molecule has 1 unspecified atom stereocenters. The van der Waals surface area contributed by atoms with Crippen LogP contribution in [0.15, 0.2) is 65.9 Å². The number of rotatable bonds is 10. The summed E-state index contributed by atoms with van der Waals surface area (Å²) >= 11 is 0. The van der Waals surface area contributed by atoms with E-state index in [4.69, 9.17) is 9.84 Å². The SMILES string of the molecule is O=C(CCc1ccc(O)cc1)NC(Cc1ccccc1)C(OCCO)=C1CC1. The maximum absolute atomic E-state index is 12.6. The van der Waals surface area contributed by atoms with Crippen LogP contribution in [0, 0.1) is 0 Å². The van der Waals surface area contributed by atoms with E-state index < -0.39 is 0 Å². The Kier molecular flexibility index (Phi) is 7.09. The molecule has 0 spiro atoms. The molecule has 1 atom stereocenters. The van der Waals surface area contributed by atoms with Gasteiger partial charge in [-0.3, -0.25) is 4.79 Å². The van der Waals surface area contributed by atoms with Crippen LogP contribution in [0.3, 0.4) is 0 Å². The van der Waals surface area contributed by atoms with Crippen molar-refractivity contribution < 1.29 is 19.7 Å². The van der Waals surface area contributed by atoms with Gasteiger partial charge in [-0.25, -0.2) is 0 Å². The van der Waals surface area contributed by atoms with Crippen molar-refractivity contribution >= 4 is 5.91 Å². The molecule has 2 aromatic rings. The number of carbonyl (C=O) groups is 1. The Morgan fingerprint density at radius 2 is 1.75 bits per heavy atom. The summed E-state index contributed by atoms with van der Waals surface area (Å²) < 4.78 is 5.81. The van der Waals surface area contributed by atoms with Gasteiger partial charge in [0, 0.05) is 6.42 Å². The maximum atomic E-state index is 12.6. The molecular weight excluding hydrogens is 354 g/mol. The zero-order chi connectivity index (χ0) is 19.8. The molecule has 148 valence electrons. The van der Waals surface area contributed by atoms with E-state index in [0.717, 1.165) is 29.7 Å². The molecule has 1 saturated carbocycles. The van der Waals surface area contributed by atoms with Crippen molar-refractivity contribution in [1.82, 2.24) is 5.32 Å². The quantitative estimate of drug-likeness (QED) is 0.553. The lowest BCUT2D eigenvalue weighted by Gasteiger charge is -2.23. The van der Waals surface area contributed by atoms with E-state index in [1.165, 1.54) is 5.57 Å². The highest BCUT2D eigenvalue weighted by molar-refractivity contribution is 5.77. The Balaban J connectivity index is 1.66. The molecule has 3 rings (SSSR count). The summed E-state index contributed by atoms with van der Waals surface area (Å²) in [5.41, 5.74) is 3.34. The second kappa shape index (κ2) is 9.95. The molecule has 1 aliphatic rings. The first-order valence-electron chi connectivity index (χ1n) is 9.72. The van der Waals surface area contributed by atoms with E-state index in [1.807, 2.05) is 42.5 Å². The normalized spacial score (nSPS) is 13.7. The van der Waals surface area contributed by atoms with E-state index in [1.54, 1.807) is 12.1 Å². The number of hydrogen-bond donors (Lipinski definition) is 3. The third kappa shape index (κ3) is 6.13. The first-order valence-corrected chi connectivity index (χ1v) is 9.72. The summed E-state index contributed by atoms with van der Waals surface area (Å²) in [4.78, 5) is 12.6. The minimum atomic E-state index is -0.237. The van der Waals surface area contributed by atoms with Crippen LogP contribution in [0.5, 0.6) is 5.75 Å². The van der Waals surface area contributed by atoms with E-state index in [0.29, 0.717) is 19.3 Å². The van der Waals surface area contributed by atoms with Crippen LogP contribution >= 0.6 is 0 Å². The Morgan fingerprint density at radius 3 is 2.39 bits per heavy atom. The summed E-state index contributed by atoms with van der Waals surface area (Å²) in [5, 5.41) is 21.6. The van der Waals surface area contributed by atoms with Crippen molar-refractivity contribution in [3.8, 4) is 5.75 Å². The van der Waals surface area contributed by atoms with Crippen LogP contribution < -0.4 is 5.32 Å². The molecule has 3 N–H and O–H groups in total. The Bertz CT molecular complexity index is 793. The zero-order valence-corrected chi connectivity index (χ0v) is 15.9. The number of aromatic hydroxyl groups is 1. The topological polar surface area (TPSA) is 78.8 Å². The molecular formula is C23H27NO4. The highest BCUT2D eigenvalue weighted by Gasteiger charge is 2.27. The first kappa shape index (κ1) is 20.0. The van der Waals surface area contributed by atoms with E-state index >= 15 is 0 Å². The van der Waals surface area contributed by atoms with Crippen molar-refractivity contribution in [2.45, 2.75) is 38.1 Å². The number of benzene rings is 2. The second-order valence-corrected chi connectivity index (χ2v) is 7.02. The number of ether oxygens (including phenoxy) is 1. The van der Waals surface area contributed by atoms with Gasteiger partial charge in [0.25, 0.3) is 0 Å². The Hall–Kier alpha value is -2.79. The van der Waals surface area contributed by atoms with Gasteiger partial charge in [0.1, 0.15) is 18.1 Å². The van der Waals surface area contributed by atoms with Crippen LogP contribution in [0.2, 0.25) is 0 Å². The van der Waals surface area contributed by atoms with Gasteiger partial charge in [-0.1, -0.05) is 42.5 Å². The molecule has 0 heterocycles. The summed E-state index contributed by atoms with van der Waals surface area (Å²) in [5.74, 6) is 0.981. The summed E-state index contributed by atoms with van der Waals surface area (Å²) in [6.45, 7) is 0.178. The third-order valence-electron chi connectivity index (χ3n) is 4.71. The highest BCUT2D eigenvalue weighted by Crippen LogP contribution is 2.34. The summed E-state index contributed by atoms with van der Waals surface area (Å²) in [7, 11) is 0. The standard InChI is InChI=1S/C23H27NO4/c25-14-15-28-23(19-9-10-19)21(16-18-4-2-1-3-5-18)24-22(27)13-8-17-6-11-20(26)12-7-17/h1-7,11-12,21,25-26H,8-10,13-16H2,(H,24,27). The minimum Gasteiger partial charge on any atom is -0.508 e. The van der Waals surface area contributed by atoms with Crippen molar-refractivity contribution in [2.75, 3.05) is 13.2 Å². The highest BCUT2D eigenvalue weighted by atomic mass is 16.5. The van der Waals surface area contributed by atoms with Gasteiger partial charge in [0.15, 0.2) is 0 Å². The number of aryl methyl sites for hydroxylation is 1. The molecule has 5 heteroatoms. The molecule has 1 fully saturated rings. The number of nitrogens with one attached hydrogen (secondary N) is 1. The average molecular weight is 381 g/mol. The fourth-order valence-corrected chi connectivity index (χ4v) is 3.16. The van der Waals surface area contributed by atoms with Gasteiger partial charge in [-0.2, -0.15) is 0 Å². The average Bonchev–Trinajstić information content (AvgIpc) is 3.54. The predicted molar refractivity (Wildman–Crippen MR) is 108 cm³/mol. The third-order valence-corrected chi connectivity index (χ3v) is 4.71. The number of aliphatic hydroxyl groups excluding tert-OH is 1. The Labute approximate surface area is 165 Å². The predicted octanol–water partition coefficient (Wildman–Crippen LogP) is 3.11. The van der Waals surface area contributed by atoms with Gasteiger partial charge >= 0.3 is 0 Å². The lowest BCUT2D eigenvalue weighted by Crippen LogP contribution is -2.39. The van der Waals surface area contributed by atoms with E-state index in [2.05, 4.69) is 5.32 Å². The van der Waals surface area contributed by atoms with Gasteiger partial charge in [0.2, 0.25) is 5.91 Å². The number of aliphatic hydroxyl groups is 1. The number of carbonyl (C=O) groups excluding carboxylic acids is 1. The molecule has 5 nitrogen and oxygen atoms in total. The number of amides is 1. The summed E-state index contributed by atoms with van der Waals surface area (Å²) in [6.07, 6.45) is 3.58. The van der Waals surface area contributed by atoms with Crippen molar-refractivity contribution in [2.24, 2.45) is 0 Å². The molecule has 28 heavy (non-hydrogen) atoms. The van der Waals surface area contributed by atoms with Crippen LogP contribution in [0.25, 0.3) is 0 Å². The molecule has 0 bridgehead atoms. The van der Waals surface area contributed by atoms with Gasteiger partial charge < -0.3 is 20.3 Å². The van der Waals surface area contributed by atoms with Crippen molar-refractivity contribution in [1.29, 1.82) is 0 Å². The number of phenols is 1. The van der Waals surface area contributed by atoms with Crippen LogP contribution in [-0.4, -0.2) is 35.4 Å². The zero-order valence-electron chi connectivity index (χ0n) is 15.9. The minimum absolute atomic E-state index is 0.0413. The van der Waals surface area contributed by atoms with E-state index in [-0.39, 0.29) is 30.9 Å². The van der Waals surface area contributed by atoms with Crippen LogP contribution in [-0.2, 0) is 22.4 Å². The molecule has 0 saturated heterocycles. The lowest BCUT2D eigenvalue weighted by molar-refractivity contribution is -0.121. The van der Waals surface area contributed by atoms with Gasteiger partial charge in [-0.05, 0) is 54.5 Å². The molecule has 2 aromatic carbocycles. The largest absolute Gasteiger partial charge is 0.508 e. The first-order chi connectivity index (χ1) is 13.7. The van der Waals surface area contributed by atoms with Gasteiger partial charge in [0.05, 0.1) is 12.6 Å². The van der Waals surface area contributed by atoms with E-state index in [9.17, 15) is 9.90 Å². The lowest BCUT2D eigenvalue weighted by atomic mass is 10.0. The van der Waals surface area contributed by atoms with Gasteiger partial charge in [-0.15, -0.1) is 0 Å². The Morgan fingerprint density at radius 1 is 1.04 bits per heavy atom. The molecule has 0 aliphatic heterocycles. The van der Waals surface area contributed by atoms with Crippen LogP contribution in [0.4, 0.5) is 0 Å². The smallest absolute Gasteiger partial charge is 0.220 e. The maximum Gasteiger partial charge on any atom is 0.220 e. The fourth-order valence-electron chi connectivity index (χ4n) is 3.16. The van der Waals surface area contributed by atoms with Crippen molar-refractivity contribution in [3.05, 3.63) is 77.1 Å². The van der Waals surface area contributed by atoms with Crippen LogP contribution in [0.1, 0.15) is 30.4 Å². The molecule has 1 amide bonds. The molecule has 0 aromatic heterocycles. The van der Waals surface area contributed by atoms with Crippen molar-refractivity contribution in [3.63, 3.8) is 0 Å². The second-order valence-electron chi connectivity index (χ2n) is 7.02. The number of hydrogen-bond acceptors (Lipinski definition) is 4. The molecule has 0 radical (unpaired) electrons. The number of phenolic OH excluding ortho intramolecular Hbond substituents is 1. The summed E-state index contributed by atoms with van der Waals surface area (Å²) in [6, 6.07) is 16.7. The monoisotopic (exact) mass is 381 g/mol. The number of allylic oxidation sites excluding steroid dienone is 1. The molecule has 1 aliphatic carbocycles. The fraction of sp³-hybridized carbons (Fsp3) is 0.348.